The van der Waals surface area contributed by atoms with E-state index in [0.717, 1.165) is 44.1 Å². The van der Waals surface area contributed by atoms with E-state index in [0.29, 0.717) is 25.9 Å². The van der Waals surface area contributed by atoms with Gasteiger partial charge in [0.05, 0.1) is 73.6 Å². The summed E-state index contributed by atoms with van der Waals surface area (Å²) in [6, 6.07) is 8.60. The van der Waals surface area contributed by atoms with Gasteiger partial charge in [-0.1, -0.05) is 72.7 Å². The third-order valence-corrected chi connectivity index (χ3v) is 15.3. The zero-order chi connectivity index (χ0) is 43.1. The molecule has 334 valence electrons. The number of carboxylic acid groups (broad SMARTS) is 1. The second-order valence-corrected chi connectivity index (χ2v) is 19.1. The highest BCUT2D eigenvalue weighted by Crippen LogP contribution is 2.55. The van der Waals surface area contributed by atoms with Crippen molar-refractivity contribution in [2.45, 2.75) is 192 Å². The van der Waals surface area contributed by atoms with Gasteiger partial charge in [0.1, 0.15) is 0 Å². The predicted octanol–water partition coefficient (Wildman–Crippen LogP) is 7.89. The number of carboxylic acids is 1. The molecule has 17 atom stereocenters. The highest BCUT2D eigenvalue weighted by molar-refractivity contribution is 5.76. The molecule has 5 saturated heterocycles. The number of methoxy groups -OCH3 is 3. The van der Waals surface area contributed by atoms with Gasteiger partial charge in [0, 0.05) is 44.8 Å². The topological polar surface area (TPSA) is 137 Å². The summed E-state index contributed by atoms with van der Waals surface area (Å²) in [6.45, 7) is 19.3. The van der Waals surface area contributed by atoms with Crippen molar-refractivity contribution in [3.63, 3.8) is 0 Å². The Balaban J connectivity index is 1.20. The summed E-state index contributed by atoms with van der Waals surface area (Å²) in [5.74, 6) is -4.78. The number of aliphatic carboxylic acids is 1. The normalized spacial score (nSPS) is 42.8. The van der Waals surface area contributed by atoms with Gasteiger partial charge in [-0.05, 0) is 81.8 Å². The van der Waals surface area contributed by atoms with E-state index in [4.69, 9.17) is 42.6 Å². The molecule has 59 heavy (non-hydrogen) atoms. The number of ether oxygens (including phenoxy) is 9. The Hall–Kier alpha value is -2.16. The zero-order valence-corrected chi connectivity index (χ0v) is 37.8. The molecule has 1 aromatic rings. The predicted molar refractivity (Wildman–Crippen MR) is 220 cm³/mol. The average Bonchev–Trinajstić information content (AvgIpc) is 3.94. The van der Waals surface area contributed by atoms with Gasteiger partial charge >= 0.3 is 11.9 Å². The van der Waals surface area contributed by atoms with E-state index in [-0.39, 0.29) is 66.1 Å². The molecule has 5 aliphatic heterocycles. The Bertz CT molecular complexity index is 1590. The Morgan fingerprint density at radius 3 is 2.22 bits per heavy atom. The van der Waals surface area contributed by atoms with Crippen molar-refractivity contribution in [3.05, 3.63) is 35.4 Å². The number of esters is 1. The highest BCUT2D eigenvalue weighted by atomic mass is 16.7. The number of rotatable bonds is 15. The van der Waals surface area contributed by atoms with E-state index in [9.17, 15) is 14.7 Å². The van der Waals surface area contributed by atoms with Crippen LogP contribution in [-0.2, 0) is 65.2 Å². The first-order valence-corrected chi connectivity index (χ1v) is 22.4. The first-order chi connectivity index (χ1) is 27.9. The lowest BCUT2D eigenvalue weighted by atomic mass is 9.78. The standard InChI is InChI=1S/C47H74O12/c1-13-33-15-17-34(18-16-33)26-54-36-25-46(57-40(30(36)6)31(7)39(51-10)32(8)42(48)52-11)22-21-44(9,59-46)37-19-20-45(14-2,56-37)41-28(4)24-35(55-41)38-27(3)23-29(5)47(53-12,58-38)43(49)50/h15-18,27-32,35-41H,13-14,19-26H2,1-12H3,(H,49,50)/t27-,28-,29+,30+,31-,32-,35+,36-,37+,38-,39+,40-,41+,44-,45-,46+,47+/m0/s1. The SMILES string of the molecule is CCc1ccc(CO[C@H]2C[C@]3(CC[C@@](C)([C@H]4CC[C@@](CC)([C@@H]5O[C@@H]([C@H]6O[C@@](OC)(C(=O)O)[C@H](C)C[C@@H]6C)C[C@@H]5C)O4)O3)O[C@H]([C@@H](C)[C@@H](OC)[C@H](C)C(=O)OC)[C@@H]2C)cc1. The minimum absolute atomic E-state index is 0.0171. The van der Waals surface area contributed by atoms with Crippen LogP contribution in [0.5, 0.6) is 0 Å². The monoisotopic (exact) mass is 831 g/mol. The van der Waals surface area contributed by atoms with Crippen LogP contribution < -0.4 is 0 Å². The molecule has 0 radical (unpaired) electrons. The smallest absolute Gasteiger partial charge is 0.364 e. The number of carbonyl (C=O) groups excluding carboxylic acids is 1. The van der Waals surface area contributed by atoms with E-state index < -0.39 is 46.9 Å². The van der Waals surface area contributed by atoms with Crippen LogP contribution in [0.15, 0.2) is 24.3 Å². The van der Waals surface area contributed by atoms with Crippen LogP contribution in [0.1, 0.15) is 125 Å². The largest absolute Gasteiger partial charge is 0.477 e. The van der Waals surface area contributed by atoms with Gasteiger partial charge in [-0.3, -0.25) is 4.79 Å². The number of carbonyl (C=O) groups is 2. The summed E-state index contributed by atoms with van der Waals surface area (Å²) >= 11 is 0. The molecule has 0 saturated carbocycles. The molecular weight excluding hydrogens is 757 g/mol. The van der Waals surface area contributed by atoms with E-state index in [2.05, 4.69) is 72.7 Å². The van der Waals surface area contributed by atoms with Crippen LogP contribution in [0.25, 0.3) is 0 Å². The maximum atomic E-state index is 12.8. The van der Waals surface area contributed by atoms with Gasteiger partial charge in [0.15, 0.2) is 5.79 Å². The molecule has 0 unspecified atom stereocenters. The molecule has 5 heterocycles. The van der Waals surface area contributed by atoms with Gasteiger partial charge in [0.2, 0.25) is 0 Å². The molecule has 1 N–H and O–H groups in total. The Morgan fingerprint density at radius 2 is 1.61 bits per heavy atom. The molecule has 6 rings (SSSR count). The maximum Gasteiger partial charge on any atom is 0.364 e. The lowest BCUT2D eigenvalue weighted by Crippen LogP contribution is -2.59. The van der Waals surface area contributed by atoms with Gasteiger partial charge in [-0.15, -0.1) is 0 Å². The van der Waals surface area contributed by atoms with Crippen LogP contribution in [0.2, 0.25) is 0 Å². The summed E-state index contributed by atoms with van der Waals surface area (Å²) < 4.78 is 58.6. The summed E-state index contributed by atoms with van der Waals surface area (Å²) in [4.78, 5) is 25.2. The molecule has 5 aliphatic rings. The van der Waals surface area contributed by atoms with Crippen LogP contribution in [-0.4, -0.2) is 104 Å². The van der Waals surface area contributed by atoms with Gasteiger partial charge in [0.25, 0.3) is 5.79 Å². The van der Waals surface area contributed by atoms with Crippen molar-refractivity contribution in [1.82, 2.24) is 0 Å². The first-order valence-electron chi connectivity index (χ1n) is 22.4. The Morgan fingerprint density at radius 1 is 0.915 bits per heavy atom. The van der Waals surface area contributed by atoms with E-state index in [1.165, 1.54) is 19.8 Å². The quantitative estimate of drug-likeness (QED) is 0.172. The second kappa shape index (κ2) is 18.3. The van der Waals surface area contributed by atoms with Crippen molar-refractivity contribution in [2.75, 3.05) is 21.3 Å². The molecule has 12 heteroatoms. The number of hydrogen-bond donors (Lipinski definition) is 1. The molecule has 0 amide bonds. The maximum absolute atomic E-state index is 12.8. The van der Waals surface area contributed by atoms with Crippen molar-refractivity contribution in [2.24, 2.45) is 35.5 Å². The molecule has 1 aromatic carbocycles. The molecule has 0 aliphatic carbocycles. The molecule has 12 nitrogen and oxygen atoms in total. The average molecular weight is 831 g/mol. The van der Waals surface area contributed by atoms with E-state index in [1.807, 2.05) is 13.8 Å². The fourth-order valence-corrected chi connectivity index (χ4v) is 11.7. The number of hydrogen-bond acceptors (Lipinski definition) is 11. The van der Waals surface area contributed by atoms with Crippen LogP contribution in [0, 0.1) is 35.5 Å². The molecule has 5 fully saturated rings. The Kier molecular flexibility index (Phi) is 14.4. The highest BCUT2D eigenvalue weighted by Gasteiger charge is 2.63. The fraction of sp³-hybridized carbons (Fsp3) is 0.830. The van der Waals surface area contributed by atoms with Crippen molar-refractivity contribution < 1.29 is 57.3 Å². The summed E-state index contributed by atoms with van der Waals surface area (Å²) in [5, 5.41) is 10.2. The molecule has 0 bridgehead atoms. The van der Waals surface area contributed by atoms with Gasteiger partial charge < -0.3 is 47.7 Å². The third-order valence-electron chi connectivity index (χ3n) is 15.3. The molecule has 0 aromatic heterocycles. The molecule has 1 spiro atoms. The first kappa shape index (κ1) is 46.3. The number of aryl methyl sites for hydroxylation is 1. The van der Waals surface area contributed by atoms with Gasteiger partial charge in [-0.25, -0.2) is 4.79 Å². The van der Waals surface area contributed by atoms with Crippen LogP contribution >= 0.6 is 0 Å². The lowest BCUT2D eigenvalue weighted by molar-refractivity contribution is -0.339. The summed E-state index contributed by atoms with van der Waals surface area (Å²) in [7, 11) is 4.46. The van der Waals surface area contributed by atoms with Gasteiger partial charge in [-0.2, -0.15) is 0 Å². The third kappa shape index (κ3) is 8.77. The summed E-state index contributed by atoms with van der Waals surface area (Å²) in [5.41, 5.74) is 1.23. The van der Waals surface area contributed by atoms with Crippen LogP contribution in [0.3, 0.4) is 0 Å². The number of benzene rings is 1. The minimum atomic E-state index is -1.70. The molecular formula is C47H74O12. The Labute approximate surface area is 353 Å². The minimum Gasteiger partial charge on any atom is -0.477 e. The van der Waals surface area contributed by atoms with Crippen LogP contribution in [0.4, 0.5) is 0 Å². The lowest BCUT2D eigenvalue weighted by Gasteiger charge is -2.50. The second-order valence-electron chi connectivity index (χ2n) is 19.1. The van der Waals surface area contributed by atoms with E-state index >= 15 is 0 Å². The zero-order valence-electron chi connectivity index (χ0n) is 37.8. The summed E-state index contributed by atoms with van der Waals surface area (Å²) in [6.07, 6.45) is 4.72. The van der Waals surface area contributed by atoms with E-state index in [1.54, 1.807) is 7.11 Å². The van der Waals surface area contributed by atoms with Crippen molar-refractivity contribution in [1.29, 1.82) is 0 Å². The fourth-order valence-electron chi connectivity index (χ4n) is 11.7. The van der Waals surface area contributed by atoms with Crippen molar-refractivity contribution in [3.8, 4) is 0 Å². The van der Waals surface area contributed by atoms with Crippen molar-refractivity contribution >= 4 is 11.9 Å².